The van der Waals surface area contributed by atoms with Gasteiger partial charge in [-0.25, -0.2) is 4.68 Å². The number of ether oxygens (including phenoxy) is 1. The molecule has 0 aliphatic rings. The van der Waals surface area contributed by atoms with Crippen LogP contribution in [0.1, 0.15) is 20.3 Å². The van der Waals surface area contributed by atoms with Crippen molar-refractivity contribution >= 4 is 21.6 Å². The van der Waals surface area contributed by atoms with E-state index in [1.54, 1.807) is 7.11 Å². The van der Waals surface area contributed by atoms with E-state index in [-0.39, 0.29) is 5.41 Å². The number of nitrogens with two attached hydrogens (primary N) is 1. The third-order valence-corrected chi connectivity index (χ3v) is 4.07. The van der Waals surface area contributed by atoms with Gasteiger partial charge in [-0.2, -0.15) is 0 Å². The smallest absolute Gasteiger partial charge is 0.182 e. The largest absolute Gasteiger partial charge is 0.398 e. The van der Waals surface area contributed by atoms with E-state index < -0.39 is 0 Å². The maximum atomic E-state index is 5.93. The highest BCUT2D eigenvalue weighted by Crippen LogP contribution is 2.28. The first kappa shape index (κ1) is 15.9. The second kappa shape index (κ2) is 6.53. The Morgan fingerprint density at radius 1 is 1.38 bits per heavy atom. The summed E-state index contributed by atoms with van der Waals surface area (Å²) in [6, 6.07) is 5.72. The van der Waals surface area contributed by atoms with Crippen LogP contribution in [0.25, 0.3) is 11.4 Å². The molecule has 1 aromatic heterocycles. The molecule has 0 saturated heterocycles. The summed E-state index contributed by atoms with van der Waals surface area (Å²) in [7, 11) is 1.71. The Balaban J connectivity index is 2.24. The fraction of sp³-hybridized carbons (Fsp3) is 0.500. The maximum Gasteiger partial charge on any atom is 0.182 e. The molecule has 21 heavy (non-hydrogen) atoms. The van der Waals surface area contributed by atoms with E-state index in [9.17, 15) is 0 Å². The Hall–Kier alpha value is -1.47. The van der Waals surface area contributed by atoms with Crippen LogP contribution in [0.5, 0.6) is 0 Å². The fourth-order valence-corrected chi connectivity index (χ4v) is 2.31. The lowest BCUT2D eigenvalue weighted by atomic mass is 9.89. The summed E-state index contributed by atoms with van der Waals surface area (Å²) in [4.78, 5) is 0. The molecule has 0 saturated carbocycles. The van der Waals surface area contributed by atoms with Crippen molar-refractivity contribution in [3.8, 4) is 11.4 Å². The quantitative estimate of drug-likeness (QED) is 0.807. The molecule has 0 aliphatic carbocycles. The average molecular weight is 354 g/mol. The van der Waals surface area contributed by atoms with Crippen LogP contribution < -0.4 is 5.73 Å². The number of halogens is 1. The van der Waals surface area contributed by atoms with Gasteiger partial charge in [-0.3, -0.25) is 0 Å². The molecule has 0 unspecified atom stereocenters. The van der Waals surface area contributed by atoms with E-state index in [1.807, 2.05) is 22.9 Å². The molecule has 114 valence electrons. The van der Waals surface area contributed by atoms with Crippen molar-refractivity contribution in [2.45, 2.75) is 26.8 Å². The predicted octanol–water partition coefficient (Wildman–Crippen LogP) is 2.75. The van der Waals surface area contributed by atoms with Crippen LogP contribution in [-0.2, 0) is 11.3 Å². The summed E-state index contributed by atoms with van der Waals surface area (Å²) < 4.78 is 7.84. The van der Waals surface area contributed by atoms with Crippen molar-refractivity contribution in [1.29, 1.82) is 0 Å². The summed E-state index contributed by atoms with van der Waals surface area (Å²) in [6.45, 7) is 5.78. The van der Waals surface area contributed by atoms with Crippen LogP contribution in [0.2, 0.25) is 0 Å². The molecule has 1 aromatic carbocycles. The third-order valence-electron chi connectivity index (χ3n) is 3.35. The fourth-order valence-electron chi connectivity index (χ4n) is 2.06. The lowest BCUT2D eigenvalue weighted by Gasteiger charge is -2.24. The number of benzene rings is 1. The molecular weight excluding hydrogens is 334 g/mol. The van der Waals surface area contributed by atoms with Crippen molar-refractivity contribution in [3.05, 3.63) is 22.7 Å². The SMILES string of the molecule is COCCC(C)(C)Cn1nnnc1-c1ccc(Br)c(N)c1. The van der Waals surface area contributed by atoms with Gasteiger partial charge in [-0.1, -0.05) is 13.8 Å². The molecule has 0 radical (unpaired) electrons. The average Bonchev–Trinajstić information content (AvgIpc) is 2.87. The first-order chi connectivity index (χ1) is 9.93. The van der Waals surface area contributed by atoms with Crippen LogP contribution in [0.4, 0.5) is 5.69 Å². The first-order valence-corrected chi connectivity index (χ1v) is 7.53. The Morgan fingerprint density at radius 2 is 2.14 bits per heavy atom. The van der Waals surface area contributed by atoms with Crippen LogP contribution >= 0.6 is 15.9 Å². The second-order valence-corrected chi connectivity index (χ2v) is 6.66. The van der Waals surface area contributed by atoms with E-state index in [1.165, 1.54) is 0 Å². The molecular formula is C14H20BrN5O. The zero-order chi connectivity index (χ0) is 15.5. The van der Waals surface area contributed by atoms with Crippen LogP contribution in [-0.4, -0.2) is 33.9 Å². The number of methoxy groups -OCH3 is 1. The van der Waals surface area contributed by atoms with Crippen molar-refractivity contribution in [2.75, 3.05) is 19.5 Å². The minimum atomic E-state index is 0.0427. The van der Waals surface area contributed by atoms with Crippen LogP contribution in [0, 0.1) is 5.41 Å². The zero-order valence-corrected chi connectivity index (χ0v) is 14.1. The Morgan fingerprint density at radius 3 is 2.81 bits per heavy atom. The van der Waals surface area contributed by atoms with Gasteiger partial charge in [0.15, 0.2) is 5.82 Å². The van der Waals surface area contributed by atoms with Gasteiger partial charge >= 0.3 is 0 Å². The molecule has 7 heteroatoms. The highest BCUT2D eigenvalue weighted by molar-refractivity contribution is 9.10. The standard InChI is InChI=1S/C14H20BrN5O/c1-14(2,6-7-21-3)9-20-13(17-18-19-20)10-4-5-11(15)12(16)8-10/h4-5,8H,6-7,9,16H2,1-3H3. The summed E-state index contributed by atoms with van der Waals surface area (Å²) >= 11 is 3.39. The summed E-state index contributed by atoms with van der Waals surface area (Å²) in [5, 5.41) is 12.0. The molecule has 0 atom stereocenters. The van der Waals surface area contributed by atoms with E-state index in [0.29, 0.717) is 12.2 Å². The number of rotatable bonds is 6. The summed E-state index contributed by atoms with van der Waals surface area (Å²) in [5.74, 6) is 0.722. The minimum absolute atomic E-state index is 0.0427. The molecule has 0 aliphatic heterocycles. The van der Waals surface area contributed by atoms with Gasteiger partial charge in [0.1, 0.15) is 0 Å². The van der Waals surface area contributed by atoms with Gasteiger partial charge in [-0.05, 0) is 56.4 Å². The predicted molar refractivity (Wildman–Crippen MR) is 85.6 cm³/mol. The molecule has 2 aromatic rings. The monoisotopic (exact) mass is 353 g/mol. The zero-order valence-electron chi connectivity index (χ0n) is 12.5. The Labute approximate surface area is 132 Å². The van der Waals surface area contributed by atoms with Crippen molar-refractivity contribution < 1.29 is 4.74 Å². The number of nitrogens with zero attached hydrogens (tertiary/aromatic N) is 4. The van der Waals surface area contributed by atoms with Crippen LogP contribution in [0.3, 0.4) is 0 Å². The van der Waals surface area contributed by atoms with E-state index >= 15 is 0 Å². The Kier molecular flexibility index (Phi) is 4.95. The topological polar surface area (TPSA) is 78.8 Å². The normalized spacial score (nSPS) is 11.8. The van der Waals surface area contributed by atoms with Gasteiger partial charge in [0.25, 0.3) is 0 Å². The second-order valence-electron chi connectivity index (χ2n) is 5.80. The first-order valence-electron chi connectivity index (χ1n) is 6.73. The lowest BCUT2D eigenvalue weighted by molar-refractivity contribution is 0.140. The highest BCUT2D eigenvalue weighted by atomic mass is 79.9. The van der Waals surface area contributed by atoms with Crippen molar-refractivity contribution in [3.63, 3.8) is 0 Å². The lowest BCUT2D eigenvalue weighted by Crippen LogP contribution is -2.23. The number of tetrazole rings is 1. The molecule has 2 rings (SSSR count). The highest BCUT2D eigenvalue weighted by Gasteiger charge is 2.21. The number of hydrogen-bond acceptors (Lipinski definition) is 5. The summed E-state index contributed by atoms with van der Waals surface area (Å²) in [6.07, 6.45) is 0.936. The maximum absolute atomic E-state index is 5.93. The van der Waals surface area contributed by atoms with Gasteiger partial charge in [-0.15, -0.1) is 5.10 Å². The van der Waals surface area contributed by atoms with Crippen molar-refractivity contribution in [2.24, 2.45) is 5.41 Å². The molecule has 0 amide bonds. The van der Waals surface area contributed by atoms with E-state index in [0.717, 1.165) is 28.9 Å². The number of hydrogen-bond donors (Lipinski definition) is 1. The van der Waals surface area contributed by atoms with E-state index in [2.05, 4.69) is 45.3 Å². The third kappa shape index (κ3) is 4.01. The van der Waals surface area contributed by atoms with Gasteiger partial charge in [0, 0.05) is 29.4 Å². The van der Waals surface area contributed by atoms with Gasteiger partial charge < -0.3 is 10.5 Å². The number of anilines is 1. The van der Waals surface area contributed by atoms with E-state index in [4.69, 9.17) is 10.5 Å². The van der Waals surface area contributed by atoms with Crippen LogP contribution in [0.15, 0.2) is 22.7 Å². The molecule has 6 nitrogen and oxygen atoms in total. The molecule has 0 spiro atoms. The minimum Gasteiger partial charge on any atom is -0.398 e. The summed E-state index contributed by atoms with van der Waals surface area (Å²) in [5.41, 5.74) is 7.54. The van der Waals surface area contributed by atoms with Gasteiger partial charge in [0.05, 0.1) is 6.54 Å². The molecule has 0 bridgehead atoms. The number of nitrogen functional groups attached to an aromatic ring is 1. The van der Waals surface area contributed by atoms with Crippen molar-refractivity contribution in [1.82, 2.24) is 20.2 Å². The van der Waals surface area contributed by atoms with Gasteiger partial charge in [0.2, 0.25) is 0 Å². The molecule has 0 fully saturated rings. The molecule has 2 N–H and O–H groups in total. The Bertz CT molecular complexity index is 611. The number of aromatic nitrogens is 4. The molecule has 1 heterocycles.